The molecule has 21 heavy (non-hydrogen) atoms. The third kappa shape index (κ3) is 1.43. The molecule has 0 radical (unpaired) electrons. The van der Waals surface area contributed by atoms with Crippen molar-refractivity contribution in [2.24, 2.45) is 0 Å². The first-order chi connectivity index (χ1) is 10.3. The highest BCUT2D eigenvalue weighted by Crippen LogP contribution is 2.53. The van der Waals surface area contributed by atoms with Crippen LogP contribution in [0.5, 0.6) is 0 Å². The molecular formula is C18H14O3. The van der Waals surface area contributed by atoms with E-state index >= 15 is 0 Å². The number of rotatable bonds is 0. The maximum atomic E-state index is 10.3. The minimum Gasteiger partial charge on any atom is -0.387 e. The van der Waals surface area contributed by atoms with Gasteiger partial charge in [-0.1, -0.05) is 48.5 Å². The third-order valence-electron chi connectivity index (χ3n) is 4.77. The molecular weight excluding hydrogens is 264 g/mol. The molecule has 0 unspecified atom stereocenters. The summed E-state index contributed by atoms with van der Waals surface area (Å²) in [6.45, 7) is 0. The van der Waals surface area contributed by atoms with Gasteiger partial charge in [-0.05, 0) is 32.7 Å². The molecule has 3 nitrogen and oxygen atoms in total. The van der Waals surface area contributed by atoms with Crippen LogP contribution in [0.3, 0.4) is 0 Å². The summed E-state index contributed by atoms with van der Waals surface area (Å²) in [5.74, 6) is 0. The largest absolute Gasteiger partial charge is 0.387 e. The van der Waals surface area contributed by atoms with Crippen molar-refractivity contribution in [1.82, 2.24) is 0 Å². The monoisotopic (exact) mass is 278 g/mol. The summed E-state index contributed by atoms with van der Waals surface area (Å²) in [6.07, 6.45) is -2.05. The van der Waals surface area contributed by atoms with Gasteiger partial charge in [-0.25, -0.2) is 0 Å². The van der Waals surface area contributed by atoms with Crippen molar-refractivity contribution in [3.8, 4) is 0 Å². The molecule has 1 aliphatic carbocycles. The lowest BCUT2D eigenvalue weighted by atomic mass is 9.83. The second kappa shape index (κ2) is 3.83. The van der Waals surface area contributed by atoms with Gasteiger partial charge in [0.25, 0.3) is 0 Å². The van der Waals surface area contributed by atoms with Crippen LogP contribution in [0.15, 0.2) is 48.5 Å². The molecule has 5 rings (SSSR count). The van der Waals surface area contributed by atoms with Crippen molar-refractivity contribution in [1.29, 1.82) is 0 Å². The third-order valence-corrected chi connectivity index (χ3v) is 4.77. The van der Waals surface area contributed by atoms with Crippen molar-refractivity contribution >= 4 is 21.5 Å². The molecule has 3 aromatic rings. The number of hydrogen-bond donors (Lipinski definition) is 2. The van der Waals surface area contributed by atoms with Crippen molar-refractivity contribution in [3.05, 3.63) is 59.7 Å². The molecule has 3 aromatic carbocycles. The standard InChI is InChI=1S/C18H14O3/c19-15-12-8-7-10-6-5-9-3-1-2-4-11(9)13(10)14(12)17-18(21-17)16(15)20/h1-8,15-20H/t15-,16+,17-,18+/m1/s1. The zero-order valence-electron chi connectivity index (χ0n) is 11.2. The number of aliphatic hydroxyl groups excluding tert-OH is 2. The van der Waals surface area contributed by atoms with Crippen molar-refractivity contribution in [2.75, 3.05) is 0 Å². The molecule has 1 fully saturated rings. The van der Waals surface area contributed by atoms with E-state index in [0.29, 0.717) is 0 Å². The topological polar surface area (TPSA) is 53.0 Å². The molecule has 0 bridgehead atoms. The first kappa shape index (κ1) is 11.7. The van der Waals surface area contributed by atoms with Gasteiger partial charge in [0.05, 0.1) is 0 Å². The summed E-state index contributed by atoms with van der Waals surface area (Å²) in [7, 11) is 0. The minimum absolute atomic E-state index is 0.0899. The first-order valence-corrected chi connectivity index (χ1v) is 7.21. The average Bonchev–Trinajstić information content (AvgIpc) is 3.32. The van der Waals surface area contributed by atoms with E-state index in [9.17, 15) is 10.2 Å². The normalized spacial score (nSPS) is 30.2. The Kier molecular flexibility index (Phi) is 2.13. The van der Waals surface area contributed by atoms with Crippen LogP contribution in [0.25, 0.3) is 21.5 Å². The van der Waals surface area contributed by atoms with E-state index in [1.54, 1.807) is 0 Å². The van der Waals surface area contributed by atoms with Gasteiger partial charge >= 0.3 is 0 Å². The van der Waals surface area contributed by atoms with E-state index in [1.165, 1.54) is 10.8 Å². The predicted octanol–water partition coefficient (Wildman–Crippen LogP) is 2.84. The molecule has 2 aliphatic rings. The molecule has 1 heterocycles. The highest BCUT2D eigenvalue weighted by Gasteiger charge is 2.54. The molecule has 104 valence electrons. The van der Waals surface area contributed by atoms with E-state index in [2.05, 4.69) is 24.3 Å². The zero-order chi connectivity index (χ0) is 14.1. The highest BCUT2D eigenvalue weighted by molar-refractivity contribution is 6.10. The molecule has 3 heteroatoms. The summed E-state index contributed by atoms with van der Waals surface area (Å²) in [4.78, 5) is 0. The van der Waals surface area contributed by atoms with Gasteiger partial charge < -0.3 is 14.9 Å². The summed E-state index contributed by atoms with van der Waals surface area (Å²) in [5.41, 5.74) is 1.84. The van der Waals surface area contributed by atoms with Crippen molar-refractivity contribution in [3.63, 3.8) is 0 Å². The van der Waals surface area contributed by atoms with E-state index in [4.69, 9.17) is 4.74 Å². The van der Waals surface area contributed by atoms with Crippen LogP contribution in [-0.4, -0.2) is 22.4 Å². The van der Waals surface area contributed by atoms with Crippen molar-refractivity contribution in [2.45, 2.75) is 24.4 Å². The second-order valence-electron chi connectivity index (χ2n) is 5.91. The first-order valence-electron chi connectivity index (χ1n) is 7.21. The van der Waals surface area contributed by atoms with Crippen LogP contribution in [0, 0.1) is 0 Å². The summed E-state index contributed by atoms with van der Waals surface area (Å²) >= 11 is 0. The number of benzene rings is 3. The van der Waals surface area contributed by atoms with Crippen molar-refractivity contribution < 1.29 is 14.9 Å². The van der Waals surface area contributed by atoms with Gasteiger partial charge in [0.15, 0.2) is 0 Å². The van der Waals surface area contributed by atoms with E-state index < -0.39 is 12.2 Å². The van der Waals surface area contributed by atoms with E-state index in [1.807, 2.05) is 24.3 Å². The van der Waals surface area contributed by atoms with Crippen LogP contribution in [0.1, 0.15) is 23.3 Å². The van der Waals surface area contributed by atoms with Crippen LogP contribution < -0.4 is 0 Å². The van der Waals surface area contributed by atoms with Gasteiger partial charge in [-0.2, -0.15) is 0 Å². The zero-order valence-corrected chi connectivity index (χ0v) is 11.2. The molecule has 0 saturated carbocycles. The van der Waals surface area contributed by atoms with E-state index in [0.717, 1.165) is 21.9 Å². The quantitative estimate of drug-likeness (QED) is 0.491. The maximum Gasteiger partial charge on any atom is 0.118 e. The molecule has 0 spiro atoms. The average molecular weight is 278 g/mol. The van der Waals surface area contributed by atoms with Crippen LogP contribution in [0.4, 0.5) is 0 Å². The van der Waals surface area contributed by atoms with Crippen LogP contribution >= 0.6 is 0 Å². The van der Waals surface area contributed by atoms with Crippen LogP contribution in [0.2, 0.25) is 0 Å². The van der Waals surface area contributed by atoms with Gasteiger partial charge in [0, 0.05) is 0 Å². The lowest BCUT2D eigenvalue weighted by Crippen LogP contribution is -2.29. The molecule has 1 aliphatic heterocycles. The summed E-state index contributed by atoms with van der Waals surface area (Å²) in [6, 6.07) is 16.4. The smallest absolute Gasteiger partial charge is 0.118 e. The minimum atomic E-state index is -0.868. The fourth-order valence-electron chi connectivity index (χ4n) is 3.69. The second-order valence-corrected chi connectivity index (χ2v) is 5.91. The highest BCUT2D eigenvalue weighted by atomic mass is 16.6. The Hall–Kier alpha value is -1.94. The lowest BCUT2D eigenvalue weighted by molar-refractivity contribution is 0.000109. The molecule has 0 amide bonds. The van der Waals surface area contributed by atoms with Gasteiger partial charge in [0.2, 0.25) is 0 Å². The SMILES string of the molecule is O[C@@H]1[C@@H]2O[C@@H]2c2c(ccc3ccc4ccccc4c23)[C@H]1O. The Bertz CT molecular complexity index is 886. The maximum absolute atomic E-state index is 10.3. The van der Waals surface area contributed by atoms with E-state index in [-0.39, 0.29) is 12.2 Å². The van der Waals surface area contributed by atoms with Crippen LogP contribution in [-0.2, 0) is 4.74 Å². The Morgan fingerprint density at radius 1 is 0.857 bits per heavy atom. The number of hydrogen-bond acceptors (Lipinski definition) is 3. The lowest BCUT2D eigenvalue weighted by Gasteiger charge is -2.25. The Morgan fingerprint density at radius 2 is 1.62 bits per heavy atom. The fraction of sp³-hybridized carbons (Fsp3) is 0.222. The predicted molar refractivity (Wildman–Crippen MR) is 80.0 cm³/mol. The Labute approximate surface area is 121 Å². The number of ether oxygens (including phenoxy) is 1. The molecule has 1 saturated heterocycles. The van der Waals surface area contributed by atoms with Gasteiger partial charge in [-0.15, -0.1) is 0 Å². The van der Waals surface area contributed by atoms with Gasteiger partial charge in [-0.3, -0.25) is 0 Å². The molecule has 0 aromatic heterocycles. The molecule has 4 atom stereocenters. The number of epoxide rings is 1. The number of aliphatic hydroxyl groups is 2. The Balaban J connectivity index is 1.95. The number of fused-ring (bicyclic) bond motifs is 7. The summed E-state index contributed by atoms with van der Waals surface area (Å²) in [5, 5.41) is 25.0. The Morgan fingerprint density at radius 3 is 2.52 bits per heavy atom. The van der Waals surface area contributed by atoms with Gasteiger partial charge in [0.1, 0.15) is 24.4 Å². The molecule has 2 N–H and O–H groups in total. The fourth-order valence-corrected chi connectivity index (χ4v) is 3.69. The summed E-state index contributed by atoms with van der Waals surface area (Å²) < 4.78 is 5.63.